The number of aliphatic hydroxyl groups excluding tert-OH is 1. The van der Waals surface area contributed by atoms with E-state index in [0.29, 0.717) is 13.0 Å². The van der Waals surface area contributed by atoms with Gasteiger partial charge in [0.2, 0.25) is 5.91 Å². The van der Waals surface area contributed by atoms with Crippen molar-refractivity contribution in [1.29, 1.82) is 0 Å². The van der Waals surface area contributed by atoms with Gasteiger partial charge in [-0.25, -0.2) is 0 Å². The number of unbranched alkanes of at least 4 members (excludes halogenated alkanes) is 4. The van der Waals surface area contributed by atoms with Gasteiger partial charge in [-0.2, -0.15) is 0 Å². The Labute approximate surface area is 105 Å². The van der Waals surface area contributed by atoms with E-state index in [-0.39, 0.29) is 12.5 Å². The van der Waals surface area contributed by atoms with E-state index < -0.39 is 6.04 Å². The molecule has 3 N–H and O–H groups in total. The molecule has 0 unspecified atom stereocenters. The maximum atomic E-state index is 11.8. The predicted molar refractivity (Wildman–Crippen MR) is 70.7 cm³/mol. The molecule has 0 aromatic heterocycles. The minimum atomic E-state index is -0.440. The molecule has 0 aliphatic heterocycles. The summed E-state index contributed by atoms with van der Waals surface area (Å²) in [6.45, 7) is 5.41. The first kappa shape index (κ1) is 16.4. The second-order valence-electron chi connectivity index (χ2n) is 4.61. The topological polar surface area (TPSA) is 66.6 Å². The van der Waals surface area contributed by atoms with Gasteiger partial charge in [-0.1, -0.05) is 32.6 Å². The summed E-state index contributed by atoms with van der Waals surface area (Å²) in [4.78, 5) is 13.6. The second-order valence-corrected chi connectivity index (χ2v) is 4.61. The molecule has 0 saturated carbocycles. The number of hydrogen-bond donors (Lipinski definition) is 2. The number of nitrogens with two attached hydrogens (primary N) is 1. The highest BCUT2D eigenvalue weighted by Gasteiger charge is 2.16. The molecule has 1 atom stereocenters. The third-order valence-corrected chi connectivity index (χ3v) is 2.82. The number of carbonyl (C=O) groups is 1. The highest BCUT2D eigenvalue weighted by Crippen LogP contribution is 2.05. The van der Waals surface area contributed by atoms with Gasteiger partial charge in [0.1, 0.15) is 0 Å². The third kappa shape index (κ3) is 8.16. The molecular weight excluding hydrogens is 216 g/mol. The number of hydrogen-bond acceptors (Lipinski definition) is 3. The molecule has 0 aromatic rings. The van der Waals surface area contributed by atoms with Crippen LogP contribution in [0.15, 0.2) is 0 Å². The van der Waals surface area contributed by atoms with E-state index in [0.717, 1.165) is 19.4 Å². The Balaban J connectivity index is 3.89. The van der Waals surface area contributed by atoms with Crippen molar-refractivity contribution in [2.24, 2.45) is 5.73 Å². The zero-order chi connectivity index (χ0) is 13.1. The molecule has 0 spiro atoms. The van der Waals surface area contributed by atoms with Crippen LogP contribution >= 0.6 is 0 Å². The first-order chi connectivity index (χ1) is 8.13. The average Bonchev–Trinajstić information content (AvgIpc) is 2.31. The smallest absolute Gasteiger partial charge is 0.239 e. The number of amides is 1. The molecule has 0 radical (unpaired) electrons. The van der Waals surface area contributed by atoms with Crippen LogP contribution < -0.4 is 5.73 Å². The van der Waals surface area contributed by atoms with Crippen LogP contribution in [-0.4, -0.2) is 41.7 Å². The van der Waals surface area contributed by atoms with Crippen LogP contribution in [-0.2, 0) is 4.79 Å². The van der Waals surface area contributed by atoms with E-state index in [2.05, 4.69) is 6.92 Å². The molecule has 0 saturated heterocycles. The Kier molecular flexibility index (Phi) is 10.2. The summed E-state index contributed by atoms with van der Waals surface area (Å²) in [5, 5.41) is 8.81. The van der Waals surface area contributed by atoms with Crippen molar-refractivity contribution in [1.82, 2.24) is 4.90 Å². The molecule has 4 nitrogen and oxygen atoms in total. The molecule has 1 amide bonds. The first-order valence-electron chi connectivity index (χ1n) is 6.78. The van der Waals surface area contributed by atoms with Gasteiger partial charge in [-0.05, 0) is 19.8 Å². The minimum absolute atomic E-state index is 0.00561. The highest BCUT2D eigenvalue weighted by molar-refractivity contribution is 5.81. The van der Waals surface area contributed by atoms with E-state index in [4.69, 9.17) is 10.8 Å². The van der Waals surface area contributed by atoms with Crippen LogP contribution in [0, 0.1) is 0 Å². The van der Waals surface area contributed by atoms with E-state index in [9.17, 15) is 4.79 Å². The molecule has 0 aliphatic carbocycles. The lowest BCUT2D eigenvalue weighted by molar-refractivity contribution is -0.132. The van der Waals surface area contributed by atoms with E-state index in [1.165, 1.54) is 19.3 Å². The summed E-state index contributed by atoms with van der Waals surface area (Å²) in [5.74, 6) is -0.00561. The van der Waals surface area contributed by atoms with Gasteiger partial charge in [0.15, 0.2) is 0 Å². The standard InChI is InChI=1S/C13H28N2O2/c1-3-4-5-6-7-9-15(10-8-11-16)13(17)12(2)14/h12,16H,3-11,14H2,1-2H3/t12-/m0/s1. The number of carbonyl (C=O) groups excluding carboxylic acids is 1. The minimum Gasteiger partial charge on any atom is -0.396 e. The van der Waals surface area contributed by atoms with Crippen LogP contribution in [0.3, 0.4) is 0 Å². The summed E-state index contributed by atoms with van der Waals surface area (Å²) in [7, 11) is 0. The molecule has 0 fully saturated rings. The first-order valence-corrected chi connectivity index (χ1v) is 6.78. The van der Waals surface area contributed by atoms with Crippen LogP contribution in [0.2, 0.25) is 0 Å². The molecule has 17 heavy (non-hydrogen) atoms. The Bertz CT molecular complexity index is 196. The van der Waals surface area contributed by atoms with Crippen LogP contribution in [0.4, 0.5) is 0 Å². The second kappa shape index (κ2) is 10.5. The maximum Gasteiger partial charge on any atom is 0.239 e. The molecule has 0 rings (SSSR count). The average molecular weight is 244 g/mol. The lowest BCUT2D eigenvalue weighted by Gasteiger charge is -2.24. The Morgan fingerprint density at radius 1 is 1.18 bits per heavy atom. The zero-order valence-electron chi connectivity index (χ0n) is 11.3. The van der Waals surface area contributed by atoms with E-state index in [1.54, 1.807) is 11.8 Å². The summed E-state index contributed by atoms with van der Waals surface area (Å²) in [6, 6.07) is -0.440. The van der Waals surface area contributed by atoms with Gasteiger partial charge in [0, 0.05) is 19.7 Å². The van der Waals surface area contributed by atoms with E-state index >= 15 is 0 Å². The van der Waals surface area contributed by atoms with Gasteiger partial charge in [0.05, 0.1) is 6.04 Å². The maximum absolute atomic E-state index is 11.8. The molecule has 0 aromatic carbocycles. The summed E-state index contributed by atoms with van der Waals surface area (Å²) >= 11 is 0. The zero-order valence-corrected chi connectivity index (χ0v) is 11.3. The molecule has 0 bridgehead atoms. The van der Waals surface area contributed by atoms with Crippen molar-refractivity contribution in [2.45, 2.75) is 58.4 Å². The lowest BCUT2D eigenvalue weighted by Crippen LogP contribution is -2.43. The van der Waals surface area contributed by atoms with Crippen LogP contribution in [0.25, 0.3) is 0 Å². The van der Waals surface area contributed by atoms with Crippen molar-refractivity contribution in [3.8, 4) is 0 Å². The fourth-order valence-electron chi connectivity index (χ4n) is 1.79. The number of nitrogens with zero attached hydrogens (tertiary/aromatic N) is 1. The van der Waals surface area contributed by atoms with Crippen molar-refractivity contribution >= 4 is 5.91 Å². The van der Waals surface area contributed by atoms with E-state index in [1.807, 2.05) is 0 Å². The number of rotatable bonds is 10. The van der Waals surface area contributed by atoms with Gasteiger partial charge < -0.3 is 15.7 Å². The Morgan fingerprint density at radius 3 is 2.29 bits per heavy atom. The lowest BCUT2D eigenvalue weighted by atomic mass is 10.1. The number of aliphatic hydroxyl groups is 1. The quantitative estimate of drug-likeness (QED) is 0.573. The molecule has 0 aliphatic rings. The van der Waals surface area contributed by atoms with Gasteiger partial charge >= 0.3 is 0 Å². The van der Waals surface area contributed by atoms with Gasteiger partial charge in [-0.3, -0.25) is 4.79 Å². The Morgan fingerprint density at radius 2 is 1.76 bits per heavy atom. The predicted octanol–water partition coefficient (Wildman–Crippen LogP) is 1.51. The summed E-state index contributed by atoms with van der Waals surface area (Å²) in [5.41, 5.74) is 5.61. The van der Waals surface area contributed by atoms with Crippen molar-refractivity contribution in [2.75, 3.05) is 19.7 Å². The molecule has 102 valence electrons. The highest BCUT2D eigenvalue weighted by atomic mass is 16.3. The molecule has 0 heterocycles. The fourth-order valence-corrected chi connectivity index (χ4v) is 1.79. The van der Waals surface area contributed by atoms with Crippen molar-refractivity contribution in [3.05, 3.63) is 0 Å². The van der Waals surface area contributed by atoms with Crippen molar-refractivity contribution in [3.63, 3.8) is 0 Å². The summed E-state index contributed by atoms with van der Waals surface area (Å²) in [6.07, 6.45) is 6.55. The SMILES string of the molecule is CCCCCCCN(CCCO)C(=O)[C@H](C)N. The Hall–Kier alpha value is -0.610. The monoisotopic (exact) mass is 244 g/mol. The fraction of sp³-hybridized carbons (Fsp3) is 0.923. The third-order valence-electron chi connectivity index (χ3n) is 2.82. The van der Waals surface area contributed by atoms with Crippen LogP contribution in [0.1, 0.15) is 52.4 Å². The van der Waals surface area contributed by atoms with Crippen molar-refractivity contribution < 1.29 is 9.90 Å². The molecule has 4 heteroatoms. The molecular formula is C13H28N2O2. The summed E-state index contributed by atoms with van der Waals surface area (Å²) < 4.78 is 0. The van der Waals surface area contributed by atoms with Gasteiger partial charge in [-0.15, -0.1) is 0 Å². The van der Waals surface area contributed by atoms with Gasteiger partial charge in [0.25, 0.3) is 0 Å². The normalized spacial score (nSPS) is 12.5. The largest absolute Gasteiger partial charge is 0.396 e. The van der Waals surface area contributed by atoms with Crippen LogP contribution in [0.5, 0.6) is 0 Å².